The Morgan fingerprint density at radius 3 is 2.42 bits per heavy atom. The van der Waals surface area contributed by atoms with Crippen LogP contribution in [0.4, 0.5) is 5.69 Å². The van der Waals surface area contributed by atoms with Gasteiger partial charge in [0.2, 0.25) is 0 Å². The van der Waals surface area contributed by atoms with E-state index in [9.17, 15) is 14.4 Å². The number of carbonyl (C=O) groups is 3. The molecule has 1 aromatic rings. The fraction of sp³-hybridized carbons (Fsp3) is 0.421. The van der Waals surface area contributed by atoms with E-state index in [1.165, 1.54) is 18.2 Å². The number of carboxylic acid groups (broad SMARTS) is 1. The molecule has 0 amide bonds. The number of aromatic carboxylic acids is 1. The molecule has 1 saturated carbocycles. The molecule has 7 nitrogen and oxygen atoms in total. The van der Waals surface area contributed by atoms with Gasteiger partial charge in [-0.3, -0.25) is 4.79 Å². The van der Waals surface area contributed by atoms with Crippen molar-refractivity contribution in [3.63, 3.8) is 0 Å². The molecular weight excluding hydrogens is 338 g/mol. The largest absolute Gasteiger partial charge is 0.478 e. The third kappa shape index (κ3) is 5.61. The van der Waals surface area contributed by atoms with Crippen LogP contribution >= 0.6 is 0 Å². The molecule has 3 N–H and O–H groups in total. The van der Waals surface area contributed by atoms with E-state index < -0.39 is 11.9 Å². The first-order valence-corrected chi connectivity index (χ1v) is 8.51. The number of nitrogen functional groups attached to an aromatic ring is 1. The molecule has 0 spiro atoms. The summed E-state index contributed by atoms with van der Waals surface area (Å²) in [6.07, 6.45) is 4.96. The van der Waals surface area contributed by atoms with Crippen LogP contribution < -0.4 is 10.5 Å². The van der Waals surface area contributed by atoms with Crippen LogP contribution in [-0.2, 0) is 14.3 Å². The van der Waals surface area contributed by atoms with E-state index in [1.807, 2.05) is 0 Å². The maximum Gasteiger partial charge on any atom is 0.337 e. The lowest BCUT2D eigenvalue weighted by Gasteiger charge is -2.27. The van der Waals surface area contributed by atoms with E-state index in [2.05, 4.69) is 6.58 Å². The number of carboxylic acids is 1. The van der Waals surface area contributed by atoms with E-state index in [1.54, 1.807) is 0 Å². The maximum absolute atomic E-state index is 12.1. The predicted molar refractivity (Wildman–Crippen MR) is 94.7 cm³/mol. The van der Waals surface area contributed by atoms with Crippen LogP contribution in [0.3, 0.4) is 0 Å². The fourth-order valence-corrected chi connectivity index (χ4v) is 3.07. The van der Waals surface area contributed by atoms with E-state index >= 15 is 0 Å². The molecule has 0 bridgehead atoms. The van der Waals surface area contributed by atoms with Gasteiger partial charge in [-0.25, -0.2) is 9.59 Å². The van der Waals surface area contributed by atoms with Gasteiger partial charge in [0.25, 0.3) is 0 Å². The van der Waals surface area contributed by atoms with Gasteiger partial charge >= 0.3 is 17.9 Å². The van der Waals surface area contributed by atoms with Crippen molar-refractivity contribution in [3.8, 4) is 5.75 Å². The maximum atomic E-state index is 12.1. The normalized spacial score (nSPS) is 19.4. The topological polar surface area (TPSA) is 116 Å². The number of anilines is 1. The van der Waals surface area contributed by atoms with Gasteiger partial charge in [0.05, 0.1) is 12.2 Å². The third-order valence-electron chi connectivity index (χ3n) is 4.53. The summed E-state index contributed by atoms with van der Waals surface area (Å²) in [5.74, 6) is -1.13. The van der Waals surface area contributed by atoms with Crippen molar-refractivity contribution in [3.05, 3.63) is 36.4 Å². The minimum atomic E-state index is -1.13. The Morgan fingerprint density at radius 2 is 1.85 bits per heavy atom. The molecule has 7 heteroatoms. The van der Waals surface area contributed by atoms with Crippen LogP contribution in [0.2, 0.25) is 0 Å². The minimum absolute atomic E-state index is 0.0275. The molecule has 0 aliphatic heterocycles. The van der Waals surface area contributed by atoms with Crippen LogP contribution in [0.15, 0.2) is 30.9 Å². The molecule has 1 aliphatic rings. The number of esters is 2. The number of rotatable bonds is 7. The Morgan fingerprint density at radius 1 is 1.19 bits per heavy atom. The molecule has 26 heavy (non-hydrogen) atoms. The zero-order valence-corrected chi connectivity index (χ0v) is 14.5. The van der Waals surface area contributed by atoms with Crippen molar-refractivity contribution in [1.29, 1.82) is 0 Å². The predicted octanol–water partition coefficient (Wildman–Crippen LogP) is 2.80. The van der Waals surface area contributed by atoms with Crippen LogP contribution in [0, 0.1) is 11.8 Å². The minimum Gasteiger partial charge on any atom is -0.478 e. The van der Waals surface area contributed by atoms with Crippen molar-refractivity contribution >= 4 is 23.6 Å². The molecule has 1 aliphatic carbocycles. The second kappa shape index (κ2) is 9.03. The summed E-state index contributed by atoms with van der Waals surface area (Å²) in [4.78, 5) is 34.1. The van der Waals surface area contributed by atoms with Crippen LogP contribution in [-0.4, -0.2) is 29.6 Å². The van der Waals surface area contributed by atoms with Gasteiger partial charge in [0, 0.05) is 24.3 Å². The average Bonchev–Trinajstić information content (AvgIpc) is 2.60. The number of ether oxygens (including phenoxy) is 2. The second-order valence-corrected chi connectivity index (χ2v) is 6.45. The summed E-state index contributed by atoms with van der Waals surface area (Å²) in [6, 6.07) is 4.07. The SMILES string of the molecule is C=CC(=O)OCC1CCC(CC(=O)Oc2ccc(C(=O)O)c(N)c2)CC1. The number of nitrogens with two attached hydrogens (primary N) is 1. The van der Waals surface area contributed by atoms with Gasteiger partial charge < -0.3 is 20.3 Å². The van der Waals surface area contributed by atoms with Gasteiger partial charge in [-0.05, 0) is 49.7 Å². The fourth-order valence-electron chi connectivity index (χ4n) is 3.07. The highest BCUT2D eigenvalue weighted by Crippen LogP contribution is 2.31. The summed E-state index contributed by atoms with van der Waals surface area (Å²) in [6.45, 7) is 3.75. The molecular formula is C19H23NO6. The van der Waals surface area contributed by atoms with E-state index in [-0.39, 0.29) is 28.9 Å². The number of hydrogen-bond acceptors (Lipinski definition) is 6. The highest BCUT2D eigenvalue weighted by Gasteiger charge is 2.24. The molecule has 140 valence electrons. The molecule has 0 radical (unpaired) electrons. The number of hydrogen-bond donors (Lipinski definition) is 2. The Kier molecular flexibility index (Phi) is 6.77. The van der Waals surface area contributed by atoms with Crippen LogP contribution in [0.25, 0.3) is 0 Å². The van der Waals surface area contributed by atoms with Gasteiger partial charge in [-0.15, -0.1) is 0 Å². The molecule has 0 heterocycles. The van der Waals surface area contributed by atoms with Crippen molar-refractivity contribution in [2.75, 3.05) is 12.3 Å². The van der Waals surface area contributed by atoms with Gasteiger partial charge in [0.15, 0.2) is 0 Å². The summed E-state index contributed by atoms with van der Waals surface area (Å²) in [5.41, 5.74) is 5.67. The Bertz CT molecular complexity index is 691. The molecule has 1 fully saturated rings. The van der Waals surface area contributed by atoms with Crippen LogP contribution in [0.1, 0.15) is 42.5 Å². The quantitative estimate of drug-likeness (QED) is 0.332. The van der Waals surface area contributed by atoms with Gasteiger partial charge in [-0.2, -0.15) is 0 Å². The summed E-state index contributed by atoms with van der Waals surface area (Å²) < 4.78 is 10.3. The first kappa shape index (κ1) is 19.5. The van der Waals surface area contributed by atoms with Gasteiger partial charge in [0.1, 0.15) is 5.75 Å². The molecule has 0 unspecified atom stereocenters. The Hall–Kier alpha value is -2.83. The third-order valence-corrected chi connectivity index (χ3v) is 4.53. The lowest BCUT2D eigenvalue weighted by molar-refractivity contribution is -0.139. The van der Waals surface area contributed by atoms with Crippen molar-refractivity contribution in [2.45, 2.75) is 32.1 Å². The van der Waals surface area contributed by atoms with E-state index in [4.69, 9.17) is 20.3 Å². The second-order valence-electron chi connectivity index (χ2n) is 6.45. The highest BCUT2D eigenvalue weighted by molar-refractivity contribution is 5.94. The average molecular weight is 361 g/mol. The number of carbonyl (C=O) groups excluding carboxylic acids is 2. The first-order chi connectivity index (χ1) is 12.4. The summed E-state index contributed by atoms with van der Waals surface area (Å²) in [7, 11) is 0. The highest BCUT2D eigenvalue weighted by atomic mass is 16.5. The van der Waals surface area contributed by atoms with Crippen LogP contribution in [0.5, 0.6) is 5.75 Å². The Labute approximate surface area is 151 Å². The lowest BCUT2D eigenvalue weighted by atomic mass is 9.81. The monoisotopic (exact) mass is 361 g/mol. The van der Waals surface area contributed by atoms with Crippen molar-refractivity contribution in [1.82, 2.24) is 0 Å². The zero-order valence-electron chi connectivity index (χ0n) is 14.5. The molecule has 0 saturated heterocycles. The molecule has 0 aromatic heterocycles. The van der Waals surface area contributed by atoms with Crippen molar-refractivity contribution in [2.24, 2.45) is 11.8 Å². The number of benzene rings is 1. The summed E-state index contributed by atoms with van der Waals surface area (Å²) in [5, 5.41) is 8.94. The first-order valence-electron chi connectivity index (χ1n) is 8.51. The molecule has 1 aromatic carbocycles. The van der Waals surface area contributed by atoms with E-state index in [0.717, 1.165) is 31.8 Å². The molecule has 0 atom stereocenters. The smallest absolute Gasteiger partial charge is 0.337 e. The lowest BCUT2D eigenvalue weighted by Crippen LogP contribution is -2.23. The molecule has 2 rings (SSSR count). The van der Waals surface area contributed by atoms with Gasteiger partial charge in [-0.1, -0.05) is 6.58 Å². The van der Waals surface area contributed by atoms with Crippen molar-refractivity contribution < 1.29 is 29.0 Å². The zero-order chi connectivity index (χ0) is 19.1. The van der Waals surface area contributed by atoms with E-state index in [0.29, 0.717) is 18.9 Å². The summed E-state index contributed by atoms with van der Waals surface area (Å²) >= 11 is 0. The Balaban J connectivity index is 1.77. The standard InChI is InChI=1S/C19H23NO6/c1-2-17(21)25-11-13-5-3-12(4-6-13)9-18(22)26-14-7-8-15(19(23)24)16(20)10-14/h2,7-8,10,12-13H,1,3-6,9,11,20H2,(H,23,24).